The Morgan fingerprint density at radius 2 is 2.29 bits per heavy atom. The van der Waals surface area contributed by atoms with Crippen LogP contribution in [0.5, 0.6) is 11.5 Å². The Hall–Kier alpha value is 0.0987. The fraction of sp³-hybridized carbons (Fsp3) is 0.600. The van der Waals surface area contributed by atoms with E-state index in [2.05, 4.69) is 12.3 Å². The molecule has 1 aromatic rings. The Balaban J connectivity index is 1.99. The number of ether oxygens (including phenoxy) is 2. The van der Waals surface area contributed by atoms with Crippen LogP contribution in [0.2, 0.25) is 4.44 Å². The Labute approximate surface area is 98.8 Å². The monoisotopic (exact) mass is 318 g/mol. The first-order valence-electron chi connectivity index (χ1n) is 5.02. The molecular formula is C10H14O2SSn. The molecule has 0 amide bonds. The minimum absolute atomic E-state index is 0.381. The predicted octanol–water partition coefficient (Wildman–Crippen LogP) is 2.07. The molecule has 2 rings (SSSR count). The SMILES string of the molecule is CCC[CH2][Sn][c]1scc2c1OCCO2. The summed E-state index contributed by atoms with van der Waals surface area (Å²) in [4.78, 5) is 0. The summed E-state index contributed by atoms with van der Waals surface area (Å²) in [7, 11) is 0. The Bertz CT molecular complexity index is 298. The van der Waals surface area contributed by atoms with Gasteiger partial charge >= 0.3 is 99.1 Å². The molecule has 2 heterocycles. The van der Waals surface area contributed by atoms with E-state index in [1.165, 1.54) is 20.2 Å². The van der Waals surface area contributed by atoms with Crippen molar-refractivity contribution in [2.45, 2.75) is 24.2 Å². The third-order valence-corrected chi connectivity index (χ3v) is 8.13. The van der Waals surface area contributed by atoms with E-state index in [1.54, 1.807) is 0 Å². The fourth-order valence-corrected chi connectivity index (χ4v) is 7.19. The van der Waals surface area contributed by atoms with Gasteiger partial charge in [-0.3, -0.25) is 0 Å². The van der Waals surface area contributed by atoms with Gasteiger partial charge in [0.1, 0.15) is 0 Å². The van der Waals surface area contributed by atoms with Gasteiger partial charge in [-0.05, 0) is 0 Å². The number of fused-ring (bicyclic) bond motifs is 1. The molecule has 1 aromatic heterocycles. The third-order valence-electron chi connectivity index (χ3n) is 2.12. The van der Waals surface area contributed by atoms with Crippen LogP contribution in [0.1, 0.15) is 19.8 Å². The van der Waals surface area contributed by atoms with Crippen LogP contribution >= 0.6 is 11.3 Å². The maximum atomic E-state index is 5.65. The van der Waals surface area contributed by atoms with Gasteiger partial charge in [-0.25, -0.2) is 0 Å². The van der Waals surface area contributed by atoms with Crippen LogP contribution in [-0.2, 0) is 0 Å². The molecule has 0 saturated carbocycles. The number of hydrogen-bond donors (Lipinski definition) is 0. The Morgan fingerprint density at radius 3 is 3.14 bits per heavy atom. The van der Waals surface area contributed by atoms with Gasteiger partial charge in [-0.15, -0.1) is 0 Å². The van der Waals surface area contributed by atoms with Crippen LogP contribution in [-0.4, -0.2) is 34.4 Å². The third kappa shape index (κ3) is 2.37. The van der Waals surface area contributed by atoms with Crippen molar-refractivity contribution in [3.8, 4) is 11.5 Å². The summed E-state index contributed by atoms with van der Waals surface area (Å²) in [5, 5.41) is 2.11. The average molecular weight is 317 g/mol. The molecule has 0 bridgehead atoms. The minimum atomic E-state index is -0.381. The van der Waals surface area contributed by atoms with E-state index in [-0.39, 0.29) is 21.1 Å². The first kappa shape index (κ1) is 10.6. The van der Waals surface area contributed by atoms with Crippen LogP contribution < -0.4 is 12.4 Å². The van der Waals surface area contributed by atoms with Crippen molar-refractivity contribution >= 4 is 35.4 Å². The topological polar surface area (TPSA) is 18.5 Å². The molecule has 2 radical (unpaired) electrons. The summed E-state index contributed by atoms with van der Waals surface area (Å²) in [6.07, 6.45) is 2.69. The van der Waals surface area contributed by atoms with Gasteiger partial charge < -0.3 is 0 Å². The summed E-state index contributed by atoms with van der Waals surface area (Å²) >= 11 is 1.46. The number of hydrogen-bond acceptors (Lipinski definition) is 3. The zero-order chi connectivity index (χ0) is 9.80. The molecule has 0 fully saturated rings. The second-order valence-corrected chi connectivity index (χ2v) is 9.01. The van der Waals surface area contributed by atoms with Gasteiger partial charge in [-0.1, -0.05) is 0 Å². The molecule has 14 heavy (non-hydrogen) atoms. The van der Waals surface area contributed by atoms with E-state index in [9.17, 15) is 0 Å². The van der Waals surface area contributed by atoms with Crippen LogP contribution in [0.4, 0.5) is 0 Å². The van der Waals surface area contributed by atoms with Gasteiger partial charge in [0.05, 0.1) is 0 Å². The molecule has 0 spiro atoms. The normalized spacial score (nSPS) is 14.4. The summed E-state index contributed by atoms with van der Waals surface area (Å²) < 4.78 is 14.1. The van der Waals surface area contributed by atoms with E-state index in [0.717, 1.165) is 18.1 Å². The van der Waals surface area contributed by atoms with E-state index in [4.69, 9.17) is 9.47 Å². The maximum absolute atomic E-state index is 5.65. The van der Waals surface area contributed by atoms with Crippen molar-refractivity contribution < 1.29 is 9.47 Å². The van der Waals surface area contributed by atoms with Crippen LogP contribution in [0.3, 0.4) is 0 Å². The first-order chi connectivity index (χ1) is 6.92. The van der Waals surface area contributed by atoms with E-state index < -0.39 is 0 Å². The molecule has 0 saturated heterocycles. The van der Waals surface area contributed by atoms with Gasteiger partial charge in [0.2, 0.25) is 0 Å². The Morgan fingerprint density at radius 1 is 1.43 bits per heavy atom. The molecule has 0 aliphatic carbocycles. The molecule has 4 heteroatoms. The van der Waals surface area contributed by atoms with Crippen LogP contribution in [0, 0.1) is 0 Å². The number of rotatable bonds is 4. The zero-order valence-corrected chi connectivity index (χ0v) is 12.0. The molecular weight excluding hydrogens is 303 g/mol. The van der Waals surface area contributed by atoms with Crippen molar-refractivity contribution in [3.63, 3.8) is 0 Å². The molecule has 76 valence electrons. The summed E-state index contributed by atoms with van der Waals surface area (Å²) in [5.41, 5.74) is 0. The van der Waals surface area contributed by atoms with Crippen molar-refractivity contribution in [2.24, 2.45) is 0 Å². The van der Waals surface area contributed by atoms with Gasteiger partial charge in [0, 0.05) is 0 Å². The first-order valence-corrected chi connectivity index (χ1v) is 9.35. The van der Waals surface area contributed by atoms with Gasteiger partial charge in [-0.2, -0.15) is 0 Å². The molecule has 0 N–H and O–H groups in total. The summed E-state index contributed by atoms with van der Waals surface area (Å²) in [5.74, 6) is 2.08. The van der Waals surface area contributed by atoms with E-state index >= 15 is 0 Å². The molecule has 0 aromatic carbocycles. The number of unbranched alkanes of at least 4 members (excludes halogenated alkanes) is 1. The van der Waals surface area contributed by atoms with E-state index in [1.807, 2.05) is 11.3 Å². The van der Waals surface area contributed by atoms with Crippen molar-refractivity contribution in [1.29, 1.82) is 0 Å². The molecule has 1 aliphatic rings. The van der Waals surface area contributed by atoms with Crippen molar-refractivity contribution in [3.05, 3.63) is 5.38 Å². The van der Waals surface area contributed by atoms with Gasteiger partial charge in [0.25, 0.3) is 0 Å². The van der Waals surface area contributed by atoms with Crippen LogP contribution in [0.25, 0.3) is 0 Å². The Kier molecular flexibility index (Phi) is 3.98. The van der Waals surface area contributed by atoms with Crippen molar-refractivity contribution in [1.82, 2.24) is 0 Å². The molecule has 0 atom stereocenters. The average Bonchev–Trinajstić information content (AvgIpc) is 2.63. The molecule has 0 unspecified atom stereocenters. The van der Waals surface area contributed by atoms with E-state index in [0.29, 0.717) is 6.61 Å². The second-order valence-electron chi connectivity index (χ2n) is 3.24. The zero-order valence-electron chi connectivity index (χ0n) is 8.34. The predicted molar refractivity (Wildman–Crippen MR) is 60.4 cm³/mol. The summed E-state index contributed by atoms with van der Waals surface area (Å²) in [6, 6.07) is 0. The van der Waals surface area contributed by atoms with Crippen molar-refractivity contribution in [2.75, 3.05) is 13.2 Å². The standard InChI is InChI=1S/C6H5O2S.C4H9.Sn/c1-2-8-6-4-9-3-5(6)7-1;1-3-4-2;/h3H,1-2H2;1,3-4H2,2H3;. The van der Waals surface area contributed by atoms with Crippen LogP contribution in [0.15, 0.2) is 5.38 Å². The van der Waals surface area contributed by atoms with Gasteiger partial charge in [0.15, 0.2) is 0 Å². The molecule has 1 aliphatic heterocycles. The quantitative estimate of drug-likeness (QED) is 0.625. The fourth-order valence-electron chi connectivity index (χ4n) is 1.36. The summed E-state index contributed by atoms with van der Waals surface area (Å²) in [6.45, 7) is 3.69. The molecule has 2 nitrogen and oxygen atoms in total. The number of thiophene rings is 1. The second kappa shape index (κ2) is 5.26.